The molecule has 0 fully saturated rings. The van der Waals surface area contributed by atoms with E-state index in [1.165, 1.54) is 0 Å². The van der Waals surface area contributed by atoms with Crippen LogP contribution in [0.5, 0.6) is 0 Å². The van der Waals surface area contributed by atoms with Gasteiger partial charge in [-0.25, -0.2) is 4.79 Å². The summed E-state index contributed by atoms with van der Waals surface area (Å²) in [4.78, 5) is 68.3. The first-order valence-electron chi connectivity index (χ1n) is 27.7. The molecule has 0 bridgehead atoms. The number of amides is 2. The monoisotopic (exact) mass is 1190 g/mol. The number of hydrogen-bond acceptors (Lipinski definition) is 14. The molecular formula is C68H87N15O5. The van der Waals surface area contributed by atoms with E-state index in [-0.39, 0.29) is 68.4 Å². The van der Waals surface area contributed by atoms with Crippen LogP contribution in [0.4, 0.5) is 27.9 Å². The molecule has 7 aromatic heterocycles. The molecule has 88 heavy (non-hydrogen) atoms. The van der Waals surface area contributed by atoms with Gasteiger partial charge in [0, 0.05) is 124 Å². The molecule has 0 unspecified atom stereocenters. The summed E-state index contributed by atoms with van der Waals surface area (Å²) in [6, 6.07) is 28.1. The number of pyridine rings is 6. The number of fused-ring (bicyclic) bond motifs is 3. The zero-order valence-electron chi connectivity index (χ0n) is 50.9. The van der Waals surface area contributed by atoms with Crippen LogP contribution in [-0.4, -0.2) is 56.5 Å². The number of nitrogen functional groups attached to an aromatic ring is 1. The van der Waals surface area contributed by atoms with E-state index in [0.29, 0.717) is 39.9 Å². The summed E-state index contributed by atoms with van der Waals surface area (Å²) in [6.07, 6.45) is 5.36. The van der Waals surface area contributed by atoms with Gasteiger partial charge in [-0.05, 0) is 148 Å². The second kappa shape index (κ2) is 29.8. The number of nitrogens with one attached hydrogen (secondary N) is 5. The van der Waals surface area contributed by atoms with Crippen molar-refractivity contribution in [2.75, 3.05) is 16.4 Å². The number of rotatable bonds is 9. The van der Waals surface area contributed by atoms with Gasteiger partial charge in [-0.2, -0.15) is 4.98 Å². The van der Waals surface area contributed by atoms with Gasteiger partial charge >= 0.3 is 12.0 Å². The number of aryl methyl sites for hydroxylation is 9. The number of nitrogens with zero attached hydrogens (tertiary/aromatic N) is 8. The van der Waals surface area contributed by atoms with Crippen molar-refractivity contribution in [2.24, 2.45) is 38.7 Å². The molecular weight excluding hydrogens is 1110 g/mol. The van der Waals surface area contributed by atoms with Gasteiger partial charge in [0.25, 0.3) is 16.7 Å². The number of aromatic nitrogens is 8. The van der Waals surface area contributed by atoms with E-state index in [4.69, 9.17) is 26.8 Å². The number of hydrogen-bond donors (Lipinski definition) is 7. The van der Waals surface area contributed by atoms with Crippen LogP contribution in [0, 0.1) is 64.2 Å². The zero-order chi connectivity index (χ0) is 62.3. The van der Waals surface area contributed by atoms with Crippen molar-refractivity contribution < 1.29 is 9.32 Å². The summed E-state index contributed by atoms with van der Waals surface area (Å²) in [5.41, 5.74) is 25.1. The van der Waals surface area contributed by atoms with E-state index in [9.17, 15) is 19.2 Å². The molecule has 2 amide bonds. The summed E-state index contributed by atoms with van der Waals surface area (Å²) < 4.78 is 10.2. The minimum Gasteiger partial charge on any atom is -0.399 e. The number of carbonyl (C=O) groups excluding carboxylic acids is 1. The van der Waals surface area contributed by atoms with Crippen molar-refractivity contribution in [1.29, 1.82) is 10.8 Å². The highest BCUT2D eigenvalue weighted by Gasteiger charge is 2.18. The molecule has 0 radical (unpaired) electrons. The minimum atomic E-state index is -0.482. The van der Waals surface area contributed by atoms with Gasteiger partial charge in [0.2, 0.25) is 0 Å². The van der Waals surface area contributed by atoms with E-state index < -0.39 is 6.03 Å². The molecule has 0 saturated carbocycles. The Bertz CT molecular complexity index is 4380. The molecule has 0 aliphatic rings. The third kappa shape index (κ3) is 16.4. The van der Waals surface area contributed by atoms with Gasteiger partial charge in [0.15, 0.2) is 5.82 Å². The number of urea groups is 1. The Balaban J connectivity index is 0.000000268. The fourth-order valence-electron chi connectivity index (χ4n) is 8.96. The smallest absolute Gasteiger partial charge is 0.325 e. The lowest BCUT2D eigenvalue weighted by Crippen LogP contribution is -2.36. The zero-order valence-corrected chi connectivity index (χ0v) is 50.9. The third-order valence-corrected chi connectivity index (χ3v) is 14.3. The van der Waals surface area contributed by atoms with Crippen LogP contribution in [0.2, 0.25) is 0 Å². The highest BCUT2D eigenvalue weighted by molar-refractivity contribution is 6.03. The fraction of sp³-hybridized carbons (Fsp3) is 0.309. The third-order valence-electron chi connectivity index (χ3n) is 14.3. The lowest BCUT2D eigenvalue weighted by Gasteiger charge is -2.14. The lowest BCUT2D eigenvalue weighted by molar-refractivity contribution is 0.255. The predicted octanol–water partition coefficient (Wildman–Crippen LogP) is 13.7. The van der Waals surface area contributed by atoms with Crippen molar-refractivity contribution in [2.45, 2.75) is 111 Å². The van der Waals surface area contributed by atoms with Crippen molar-refractivity contribution >= 4 is 73.5 Å². The highest BCUT2D eigenvalue weighted by atomic mass is 16.5. The number of carbonyl (C=O) groups is 1. The minimum absolute atomic E-state index is 0. The van der Waals surface area contributed by atoms with Crippen LogP contribution in [-0.2, 0) is 21.1 Å². The molecule has 7 heterocycles. The van der Waals surface area contributed by atoms with E-state index >= 15 is 0 Å². The van der Waals surface area contributed by atoms with Gasteiger partial charge in [-0.15, -0.1) is 0 Å². The molecule has 464 valence electrons. The van der Waals surface area contributed by atoms with Crippen LogP contribution in [0.3, 0.4) is 0 Å². The molecule has 0 saturated heterocycles. The molecule has 0 aliphatic heterocycles. The van der Waals surface area contributed by atoms with Crippen LogP contribution >= 0.6 is 0 Å². The maximum atomic E-state index is 13.1. The van der Waals surface area contributed by atoms with Gasteiger partial charge < -0.3 is 40.3 Å². The summed E-state index contributed by atoms with van der Waals surface area (Å²) in [7, 11) is 5.32. The molecule has 20 nitrogen and oxygen atoms in total. The lowest BCUT2D eigenvalue weighted by atomic mass is 9.99. The second-order valence-electron chi connectivity index (χ2n) is 22.0. The number of anilines is 4. The van der Waals surface area contributed by atoms with E-state index in [1.807, 2.05) is 162 Å². The molecule has 9 N–H and O–H groups in total. The average molecular weight is 1190 g/mol. The fourth-order valence-corrected chi connectivity index (χ4v) is 8.96. The molecule has 20 heteroatoms. The van der Waals surface area contributed by atoms with E-state index in [0.717, 1.165) is 88.9 Å². The molecule has 10 rings (SSSR count). The summed E-state index contributed by atoms with van der Waals surface area (Å²) >= 11 is 0. The Kier molecular flexibility index (Phi) is 23.8. The molecule has 0 atom stereocenters. The van der Waals surface area contributed by atoms with Gasteiger partial charge in [0.05, 0.1) is 22.4 Å². The summed E-state index contributed by atoms with van der Waals surface area (Å²) in [6.45, 7) is 23.1. The van der Waals surface area contributed by atoms with Gasteiger partial charge in [-0.1, -0.05) is 87.2 Å². The largest absolute Gasteiger partial charge is 0.399 e. The summed E-state index contributed by atoms with van der Waals surface area (Å²) in [5.74, 6) is 1.36. The Labute approximate surface area is 515 Å². The van der Waals surface area contributed by atoms with Gasteiger partial charge in [-0.3, -0.25) is 45.5 Å². The SMILES string of the molecule is C.C.C.CC(C)C(=N)N.Cc1cc2c(cn1)cc(-c1cc(N)ccc1C)c(=O)n2C.Cc1cc2c(cn1)cc(-c1cc(NC(=O)NC(=N)C(C)C)ccc1C)c(=O)n2C.Cc1cc2c(cn1)cc(-c1cc(Nc3nc(C(C)C)no3)ccc1C)c(=O)n2C. The van der Waals surface area contributed by atoms with Crippen molar-refractivity contribution in [3.8, 4) is 33.4 Å². The quantitative estimate of drug-likeness (QED) is 0.0402. The molecule has 0 spiro atoms. The number of benzene rings is 3. The molecule has 10 aromatic rings. The predicted molar refractivity (Wildman–Crippen MR) is 363 cm³/mol. The van der Waals surface area contributed by atoms with Crippen molar-refractivity contribution in [3.05, 3.63) is 180 Å². The maximum Gasteiger partial charge on any atom is 0.325 e. The Morgan fingerprint density at radius 3 is 1.28 bits per heavy atom. The Morgan fingerprint density at radius 1 is 0.534 bits per heavy atom. The first kappa shape index (κ1) is 70.4. The Morgan fingerprint density at radius 2 is 0.909 bits per heavy atom. The standard InChI is InChI=1S/C22H23N5O2.C22H25N5O2.C17H17N3O.C4H10N2.3CH4/c1-12(2)20-25-22(29-26-20)24-16-7-6-13(3)17(10-16)18-9-15-11-23-14(4)8-19(15)27(5)21(18)28;1-12(2)20(23)26-22(29)25-16-7-6-13(3)17(10-16)18-9-15-11-24-14(4)8-19(15)27(5)21(18)28;1-10-4-5-13(18)8-14(10)15-7-12-9-19-11(2)6-16(12)20(3)17(15)21;1-3(2)4(5)6;;;/h6-12H,1-5H3,(H,24,25,26);6-12H,1-5H3,(H3,23,25,26,29);4-9H,18H2,1-3H3;3H,1-2H3,(H3,5,6);3*1H4. The summed E-state index contributed by atoms with van der Waals surface area (Å²) in [5, 5.41) is 29.6. The van der Waals surface area contributed by atoms with Crippen LogP contribution in [0.1, 0.15) is 109 Å². The van der Waals surface area contributed by atoms with Crippen LogP contribution in [0.15, 0.2) is 128 Å². The van der Waals surface area contributed by atoms with Crippen LogP contribution < -0.4 is 44.1 Å². The Hall–Kier alpha value is -10.1. The van der Waals surface area contributed by atoms with E-state index in [2.05, 4.69) is 41.0 Å². The second-order valence-corrected chi connectivity index (χ2v) is 22.0. The number of amidine groups is 2. The van der Waals surface area contributed by atoms with Crippen molar-refractivity contribution in [1.82, 2.24) is 44.1 Å². The highest BCUT2D eigenvalue weighted by Crippen LogP contribution is 2.31. The average Bonchev–Trinajstić information content (AvgIpc) is 1.02. The van der Waals surface area contributed by atoms with Crippen LogP contribution in [0.25, 0.3) is 66.1 Å². The number of nitrogens with two attached hydrogens (primary N) is 2. The first-order valence-corrected chi connectivity index (χ1v) is 27.7. The maximum absolute atomic E-state index is 13.1. The van der Waals surface area contributed by atoms with Crippen molar-refractivity contribution in [3.63, 3.8) is 0 Å². The first-order chi connectivity index (χ1) is 40.1. The van der Waals surface area contributed by atoms with E-state index in [1.54, 1.807) is 65.6 Å². The molecule has 0 aliphatic carbocycles. The van der Waals surface area contributed by atoms with Gasteiger partial charge in [0.1, 0.15) is 5.84 Å². The normalized spacial score (nSPS) is 10.6. The molecule has 3 aromatic carbocycles. The topological polar surface area (TPSA) is 296 Å².